The first-order chi connectivity index (χ1) is 5.77. The second-order valence-electron chi connectivity index (χ2n) is 2.63. The first-order valence-corrected chi connectivity index (χ1v) is 4.52. The lowest BCUT2D eigenvalue weighted by atomic mass is 10.1. The van der Waals surface area contributed by atoms with E-state index < -0.39 is 5.97 Å². The van der Waals surface area contributed by atoms with Crippen molar-refractivity contribution in [3.05, 3.63) is 23.1 Å². The van der Waals surface area contributed by atoms with E-state index in [1.54, 1.807) is 17.8 Å². The average Bonchev–Trinajstić information content (AvgIpc) is 2.49. The maximum Gasteiger partial charge on any atom is 0.336 e. The van der Waals surface area contributed by atoms with Gasteiger partial charge in [0.2, 0.25) is 0 Å². The summed E-state index contributed by atoms with van der Waals surface area (Å²) in [6.45, 7) is 0. The molecule has 2 heterocycles. The Kier molecular flexibility index (Phi) is 1.77. The van der Waals surface area contributed by atoms with Crippen molar-refractivity contribution in [2.24, 2.45) is 4.99 Å². The Bertz CT molecular complexity index is 306. The normalized spacial score (nSPS) is 31.5. The van der Waals surface area contributed by atoms with Gasteiger partial charge in [0.15, 0.2) is 0 Å². The highest BCUT2D eigenvalue weighted by atomic mass is 32.2. The van der Waals surface area contributed by atoms with Crippen LogP contribution in [0.2, 0.25) is 0 Å². The first-order valence-electron chi connectivity index (χ1n) is 3.58. The van der Waals surface area contributed by atoms with Crippen LogP contribution in [-0.2, 0) is 4.79 Å². The van der Waals surface area contributed by atoms with E-state index in [2.05, 4.69) is 4.99 Å². The molecule has 2 rings (SSSR count). The third kappa shape index (κ3) is 1.18. The Hall–Kier alpha value is -1.03. The summed E-state index contributed by atoms with van der Waals surface area (Å²) in [5, 5.41) is 10.8. The van der Waals surface area contributed by atoms with E-state index in [0.717, 1.165) is 0 Å². The molecule has 4 heteroatoms. The van der Waals surface area contributed by atoms with Crippen LogP contribution < -0.4 is 0 Å². The largest absolute Gasteiger partial charge is 0.478 e. The van der Waals surface area contributed by atoms with Crippen LogP contribution in [0, 0.1) is 0 Å². The van der Waals surface area contributed by atoms with Gasteiger partial charge in [0, 0.05) is 6.21 Å². The predicted molar refractivity (Wildman–Crippen MR) is 48.5 cm³/mol. The van der Waals surface area contributed by atoms with Crippen molar-refractivity contribution in [1.29, 1.82) is 0 Å². The van der Waals surface area contributed by atoms with Gasteiger partial charge in [0.05, 0.1) is 16.9 Å². The minimum Gasteiger partial charge on any atom is -0.478 e. The zero-order valence-corrected chi connectivity index (χ0v) is 6.99. The molecule has 0 spiro atoms. The van der Waals surface area contributed by atoms with Gasteiger partial charge in [0.1, 0.15) is 0 Å². The van der Waals surface area contributed by atoms with Crippen LogP contribution >= 0.6 is 11.8 Å². The highest BCUT2D eigenvalue weighted by molar-refractivity contribution is 8.03. The fraction of sp³-hybridized carbons (Fsp3) is 0.250. The molecule has 2 unspecified atom stereocenters. The Balaban J connectivity index is 2.23. The zero-order valence-electron chi connectivity index (χ0n) is 6.18. The van der Waals surface area contributed by atoms with E-state index in [0.29, 0.717) is 5.57 Å². The molecule has 0 aliphatic carbocycles. The number of rotatable bonds is 1. The van der Waals surface area contributed by atoms with Crippen LogP contribution in [-0.4, -0.2) is 28.6 Å². The summed E-state index contributed by atoms with van der Waals surface area (Å²) in [5.41, 5.74) is 0.299. The van der Waals surface area contributed by atoms with Gasteiger partial charge in [-0.2, -0.15) is 0 Å². The molecule has 0 fully saturated rings. The molecule has 62 valence electrons. The Morgan fingerprint density at radius 1 is 1.67 bits per heavy atom. The summed E-state index contributed by atoms with van der Waals surface area (Å²) in [6.07, 6.45) is 5.17. The van der Waals surface area contributed by atoms with Crippen molar-refractivity contribution in [3.63, 3.8) is 0 Å². The summed E-state index contributed by atoms with van der Waals surface area (Å²) in [7, 11) is 0. The number of aliphatic carboxylic acids is 1. The van der Waals surface area contributed by atoms with Gasteiger partial charge < -0.3 is 5.11 Å². The molecule has 3 nitrogen and oxygen atoms in total. The molecule has 0 bridgehead atoms. The average molecular weight is 181 g/mol. The fourth-order valence-corrected chi connectivity index (χ4v) is 2.17. The van der Waals surface area contributed by atoms with Crippen LogP contribution in [0.1, 0.15) is 0 Å². The number of thioether (sulfide) groups is 1. The molecule has 0 aromatic heterocycles. The number of fused-ring (bicyclic) bond motifs is 1. The number of hydrogen-bond donors (Lipinski definition) is 1. The Morgan fingerprint density at radius 3 is 3.25 bits per heavy atom. The van der Waals surface area contributed by atoms with E-state index in [9.17, 15) is 4.79 Å². The molecule has 2 atom stereocenters. The van der Waals surface area contributed by atoms with Crippen molar-refractivity contribution in [1.82, 2.24) is 0 Å². The van der Waals surface area contributed by atoms with Gasteiger partial charge in [-0.05, 0) is 5.41 Å². The van der Waals surface area contributed by atoms with Crippen molar-refractivity contribution < 1.29 is 9.90 Å². The van der Waals surface area contributed by atoms with E-state index in [4.69, 9.17) is 5.11 Å². The van der Waals surface area contributed by atoms with Gasteiger partial charge in [-0.1, -0.05) is 12.2 Å². The van der Waals surface area contributed by atoms with Crippen molar-refractivity contribution in [3.8, 4) is 0 Å². The monoisotopic (exact) mass is 181 g/mol. The van der Waals surface area contributed by atoms with E-state index >= 15 is 0 Å². The lowest BCUT2D eigenvalue weighted by molar-refractivity contribution is -0.132. The molecular weight excluding hydrogens is 174 g/mol. The van der Waals surface area contributed by atoms with E-state index in [1.807, 2.05) is 11.5 Å². The highest BCUT2D eigenvalue weighted by Gasteiger charge is 2.25. The maximum atomic E-state index is 10.6. The Labute approximate surface area is 73.9 Å². The third-order valence-electron chi connectivity index (χ3n) is 1.82. The summed E-state index contributed by atoms with van der Waals surface area (Å²) >= 11 is 1.61. The Morgan fingerprint density at radius 2 is 2.50 bits per heavy atom. The van der Waals surface area contributed by atoms with Crippen molar-refractivity contribution in [2.75, 3.05) is 0 Å². The first kappa shape index (κ1) is 7.61. The number of carboxylic acids is 1. The summed E-state index contributed by atoms with van der Waals surface area (Å²) in [5.74, 6) is -0.898. The molecule has 0 aromatic carbocycles. The standard InChI is InChI=1S/C8H7NO2S/c10-8(11)5-3-7-6(9-4-5)1-2-12-7/h1-4,6-7H,(H,10,11). The van der Waals surface area contributed by atoms with Gasteiger partial charge in [-0.25, -0.2) is 4.79 Å². The van der Waals surface area contributed by atoms with Crippen LogP contribution in [0.3, 0.4) is 0 Å². The predicted octanol–water partition coefficient (Wildman–Crippen LogP) is 1.08. The van der Waals surface area contributed by atoms with Gasteiger partial charge in [0.25, 0.3) is 0 Å². The summed E-state index contributed by atoms with van der Waals surface area (Å²) < 4.78 is 0. The second kappa shape index (κ2) is 2.79. The van der Waals surface area contributed by atoms with Crippen LogP contribution in [0.15, 0.2) is 28.1 Å². The number of dihydropyridines is 1. The molecular formula is C8H7NO2S. The lowest BCUT2D eigenvalue weighted by Crippen LogP contribution is -2.20. The van der Waals surface area contributed by atoms with Gasteiger partial charge >= 0.3 is 5.97 Å². The van der Waals surface area contributed by atoms with Gasteiger partial charge in [-0.15, -0.1) is 11.8 Å². The maximum absolute atomic E-state index is 10.6. The molecule has 1 N–H and O–H groups in total. The quantitative estimate of drug-likeness (QED) is 0.658. The highest BCUT2D eigenvalue weighted by Crippen LogP contribution is 2.30. The molecule has 0 amide bonds. The summed E-state index contributed by atoms with van der Waals surface area (Å²) in [6, 6.07) is 0.151. The smallest absolute Gasteiger partial charge is 0.336 e. The topological polar surface area (TPSA) is 49.7 Å². The number of carbonyl (C=O) groups is 1. The minimum atomic E-state index is -0.898. The fourth-order valence-electron chi connectivity index (χ4n) is 1.19. The van der Waals surface area contributed by atoms with Gasteiger partial charge in [-0.3, -0.25) is 4.99 Å². The number of aliphatic imine (C=N–C) groups is 1. The summed E-state index contributed by atoms with van der Waals surface area (Å²) in [4.78, 5) is 14.7. The second-order valence-corrected chi connectivity index (χ2v) is 3.71. The zero-order chi connectivity index (χ0) is 8.55. The van der Waals surface area contributed by atoms with E-state index in [1.165, 1.54) is 6.21 Å². The minimum absolute atomic E-state index is 0.151. The number of carboxylic acid groups (broad SMARTS) is 1. The van der Waals surface area contributed by atoms with Crippen LogP contribution in [0.4, 0.5) is 0 Å². The van der Waals surface area contributed by atoms with Crippen LogP contribution in [0.25, 0.3) is 0 Å². The molecule has 0 saturated carbocycles. The molecule has 0 radical (unpaired) electrons. The molecule has 2 aliphatic rings. The third-order valence-corrected chi connectivity index (χ3v) is 2.87. The molecule has 0 aromatic rings. The van der Waals surface area contributed by atoms with E-state index in [-0.39, 0.29) is 11.3 Å². The lowest BCUT2D eigenvalue weighted by Gasteiger charge is -2.14. The number of hydrogen-bond acceptors (Lipinski definition) is 3. The molecule has 0 saturated heterocycles. The van der Waals surface area contributed by atoms with Crippen molar-refractivity contribution >= 4 is 23.9 Å². The van der Waals surface area contributed by atoms with Crippen molar-refractivity contribution in [2.45, 2.75) is 11.3 Å². The van der Waals surface area contributed by atoms with Crippen LogP contribution in [0.5, 0.6) is 0 Å². The molecule has 12 heavy (non-hydrogen) atoms. The molecule has 2 aliphatic heterocycles. The number of nitrogens with zero attached hydrogens (tertiary/aromatic N) is 1. The SMILES string of the molecule is O=C(O)C1=CC2SC=CC2N=C1.